The fourth-order valence-corrected chi connectivity index (χ4v) is 2.66. The number of hydrogen-bond donors (Lipinski definition) is 1. The smallest absolute Gasteiger partial charge is 0.307 e. The van der Waals surface area contributed by atoms with Crippen LogP contribution in [0.5, 0.6) is 11.5 Å². The fourth-order valence-electron chi connectivity index (χ4n) is 2.48. The van der Waals surface area contributed by atoms with Crippen LogP contribution in [0.25, 0.3) is 11.0 Å². The molecule has 7 heteroatoms. The van der Waals surface area contributed by atoms with Gasteiger partial charge in [-0.15, -0.1) is 0 Å². The molecule has 26 heavy (non-hydrogen) atoms. The minimum Gasteiger partial charge on any atom is -0.493 e. The molecule has 3 rings (SSSR count). The molecule has 0 unspecified atom stereocenters. The fraction of sp³-hybridized carbons (Fsp3) is 0.158. The first-order chi connectivity index (χ1) is 12.5. The van der Waals surface area contributed by atoms with Crippen molar-refractivity contribution in [2.45, 2.75) is 6.92 Å². The molecule has 134 valence electrons. The van der Waals surface area contributed by atoms with Crippen molar-refractivity contribution >= 4 is 34.7 Å². The first-order valence-electron chi connectivity index (χ1n) is 7.77. The van der Waals surface area contributed by atoms with Crippen LogP contribution in [0.4, 0.5) is 0 Å². The summed E-state index contributed by atoms with van der Waals surface area (Å²) in [7, 11) is 3.13. The Morgan fingerprint density at radius 2 is 1.88 bits per heavy atom. The second-order valence-corrected chi connectivity index (χ2v) is 5.99. The second-order valence-electron chi connectivity index (χ2n) is 5.56. The third-order valence-electron chi connectivity index (χ3n) is 3.84. The third kappa shape index (κ3) is 3.65. The van der Waals surface area contributed by atoms with Gasteiger partial charge in [0.25, 0.3) is 0 Å². The van der Waals surface area contributed by atoms with Gasteiger partial charge in [0.2, 0.25) is 0 Å². The number of carbonyl (C=O) groups is 1. The molecular weight excluding hydrogens is 356 g/mol. The maximum absolute atomic E-state index is 12.2. The zero-order valence-corrected chi connectivity index (χ0v) is 15.3. The summed E-state index contributed by atoms with van der Waals surface area (Å²) >= 11 is 5.94. The van der Waals surface area contributed by atoms with Crippen molar-refractivity contribution in [3.63, 3.8) is 0 Å². The van der Waals surface area contributed by atoms with Crippen molar-refractivity contribution in [1.29, 1.82) is 0 Å². The molecular formula is C19H17ClN2O4. The van der Waals surface area contributed by atoms with Crippen LogP contribution in [0.1, 0.15) is 21.7 Å². The van der Waals surface area contributed by atoms with Gasteiger partial charge in [0.05, 0.1) is 20.4 Å². The molecule has 0 bridgehead atoms. The highest BCUT2D eigenvalue weighted by molar-refractivity contribution is 6.31. The third-order valence-corrected chi connectivity index (χ3v) is 4.08. The Balaban J connectivity index is 1.76. The molecule has 1 amide bonds. The van der Waals surface area contributed by atoms with Crippen LogP contribution >= 0.6 is 11.6 Å². The minimum atomic E-state index is -0.452. The lowest BCUT2D eigenvalue weighted by Crippen LogP contribution is -2.16. The van der Waals surface area contributed by atoms with Gasteiger partial charge in [-0.05, 0) is 48.9 Å². The first kappa shape index (κ1) is 17.8. The van der Waals surface area contributed by atoms with Crippen molar-refractivity contribution < 1.29 is 18.7 Å². The molecule has 0 aliphatic carbocycles. The summed E-state index contributed by atoms with van der Waals surface area (Å²) in [4.78, 5) is 12.2. The number of amides is 1. The van der Waals surface area contributed by atoms with Crippen LogP contribution in [0, 0.1) is 6.92 Å². The molecule has 0 aliphatic heterocycles. The summed E-state index contributed by atoms with van der Waals surface area (Å²) < 4.78 is 16.0. The Hall–Kier alpha value is -2.99. The number of aryl methyl sites for hydroxylation is 1. The molecule has 0 spiro atoms. The zero-order chi connectivity index (χ0) is 18.7. The number of nitrogens with zero attached hydrogens (tertiary/aromatic N) is 1. The van der Waals surface area contributed by atoms with E-state index in [1.54, 1.807) is 44.6 Å². The van der Waals surface area contributed by atoms with Crippen LogP contribution in [-0.2, 0) is 0 Å². The van der Waals surface area contributed by atoms with Crippen LogP contribution in [-0.4, -0.2) is 26.3 Å². The minimum absolute atomic E-state index is 0.156. The van der Waals surface area contributed by atoms with E-state index in [2.05, 4.69) is 10.5 Å². The molecule has 0 saturated heterocycles. The van der Waals surface area contributed by atoms with E-state index in [0.717, 1.165) is 16.5 Å². The Morgan fingerprint density at radius 3 is 2.62 bits per heavy atom. The van der Waals surface area contributed by atoms with Gasteiger partial charge >= 0.3 is 5.91 Å². The number of hydrazone groups is 1. The predicted octanol–water partition coefficient (Wildman–Crippen LogP) is 4.18. The van der Waals surface area contributed by atoms with Crippen LogP contribution in [0.2, 0.25) is 5.02 Å². The summed E-state index contributed by atoms with van der Waals surface area (Å²) in [5, 5.41) is 5.32. The van der Waals surface area contributed by atoms with E-state index in [0.29, 0.717) is 22.1 Å². The molecule has 1 heterocycles. The van der Waals surface area contributed by atoms with Gasteiger partial charge in [-0.25, -0.2) is 5.43 Å². The molecule has 0 radical (unpaired) electrons. The van der Waals surface area contributed by atoms with E-state index in [1.165, 1.54) is 6.21 Å². The topological polar surface area (TPSA) is 73.1 Å². The number of ether oxygens (including phenoxy) is 2. The van der Waals surface area contributed by atoms with Crippen molar-refractivity contribution in [3.05, 3.63) is 58.3 Å². The number of fused-ring (bicyclic) bond motifs is 1. The van der Waals surface area contributed by atoms with E-state index < -0.39 is 5.91 Å². The SMILES string of the molecule is COc1cc(C)c(/C=N\NC(=O)c2cc3cc(Cl)ccc3o2)cc1OC. The molecule has 1 N–H and O–H groups in total. The highest BCUT2D eigenvalue weighted by Crippen LogP contribution is 2.29. The predicted molar refractivity (Wildman–Crippen MR) is 101 cm³/mol. The van der Waals surface area contributed by atoms with E-state index in [1.807, 2.05) is 13.0 Å². The Kier molecular flexibility index (Phi) is 5.14. The van der Waals surface area contributed by atoms with Crippen LogP contribution in [0.15, 0.2) is 45.9 Å². The number of halogens is 1. The highest BCUT2D eigenvalue weighted by atomic mass is 35.5. The number of methoxy groups -OCH3 is 2. The van der Waals surface area contributed by atoms with Gasteiger partial charge < -0.3 is 13.9 Å². The monoisotopic (exact) mass is 372 g/mol. The number of nitrogens with one attached hydrogen (secondary N) is 1. The maximum atomic E-state index is 12.2. The lowest BCUT2D eigenvalue weighted by atomic mass is 10.1. The van der Waals surface area contributed by atoms with Crippen molar-refractivity contribution in [2.24, 2.45) is 5.10 Å². The normalized spacial score (nSPS) is 11.1. The summed E-state index contributed by atoms with van der Waals surface area (Å²) in [5.74, 6) is 0.919. The molecule has 0 fully saturated rings. The number of benzene rings is 2. The molecule has 0 aliphatic rings. The number of furan rings is 1. The highest BCUT2D eigenvalue weighted by Gasteiger charge is 2.12. The molecule has 3 aromatic rings. The summed E-state index contributed by atoms with van der Waals surface area (Å²) in [6, 6.07) is 10.4. The maximum Gasteiger partial charge on any atom is 0.307 e. The van der Waals surface area contributed by atoms with Crippen LogP contribution < -0.4 is 14.9 Å². The number of rotatable bonds is 5. The van der Waals surface area contributed by atoms with Gasteiger partial charge in [0, 0.05) is 16.0 Å². The van der Waals surface area contributed by atoms with Crippen molar-refractivity contribution in [3.8, 4) is 11.5 Å². The molecule has 0 saturated carbocycles. The standard InChI is InChI=1S/C19H17ClN2O4/c1-11-6-16(24-2)17(25-3)9-13(11)10-21-22-19(23)18-8-12-7-14(20)4-5-15(12)26-18/h4-10H,1-3H3,(H,22,23)/b21-10-. The molecule has 0 atom stereocenters. The van der Waals surface area contributed by atoms with E-state index in [9.17, 15) is 4.79 Å². The Morgan fingerprint density at radius 1 is 1.15 bits per heavy atom. The second kappa shape index (κ2) is 7.49. The average Bonchev–Trinajstić information content (AvgIpc) is 3.05. The van der Waals surface area contributed by atoms with Crippen LogP contribution in [0.3, 0.4) is 0 Å². The Labute approximate surface area is 155 Å². The Bertz CT molecular complexity index is 995. The quantitative estimate of drug-likeness (QED) is 0.538. The van der Waals surface area contributed by atoms with Crippen molar-refractivity contribution in [2.75, 3.05) is 14.2 Å². The lowest BCUT2D eigenvalue weighted by Gasteiger charge is -2.10. The van der Waals surface area contributed by atoms with Gasteiger partial charge in [-0.3, -0.25) is 4.79 Å². The summed E-state index contributed by atoms with van der Waals surface area (Å²) in [6.45, 7) is 1.91. The van der Waals surface area contributed by atoms with Gasteiger partial charge in [0.1, 0.15) is 5.58 Å². The first-order valence-corrected chi connectivity index (χ1v) is 8.14. The number of carbonyl (C=O) groups excluding carboxylic acids is 1. The average molecular weight is 373 g/mol. The summed E-state index contributed by atoms with van der Waals surface area (Å²) in [6.07, 6.45) is 1.54. The van der Waals surface area contributed by atoms with E-state index >= 15 is 0 Å². The van der Waals surface area contributed by atoms with E-state index in [-0.39, 0.29) is 5.76 Å². The molecule has 6 nitrogen and oxygen atoms in total. The largest absolute Gasteiger partial charge is 0.493 e. The lowest BCUT2D eigenvalue weighted by molar-refractivity contribution is 0.0929. The van der Waals surface area contributed by atoms with E-state index in [4.69, 9.17) is 25.5 Å². The van der Waals surface area contributed by atoms with Gasteiger partial charge in [-0.2, -0.15) is 5.10 Å². The molecule has 1 aromatic heterocycles. The zero-order valence-electron chi connectivity index (χ0n) is 14.5. The van der Waals surface area contributed by atoms with Gasteiger partial charge in [-0.1, -0.05) is 11.6 Å². The van der Waals surface area contributed by atoms with Crippen molar-refractivity contribution in [1.82, 2.24) is 5.43 Å². The molecule has 2 aromatic carbocycles. The summed E-state index contributed by atoms with van der Waals surface area (Å²) in [5.41, 5.74) is 4.75. The number of hydrogen-bond acceptors (Lipinski definition) is 5. The van der Waals surface area contributed by atoms with Gasteiger partial charge in [0.15, 0.2) is 17.3 Å².